The molecule has 0 aromatic heterocycles. The summed E-state index contributed by atoms with van der Waals surface area (Å²) in [6.45, 7) is 7.59. The van der Waals surface area contributed by atoms with E-state index in [1.54, 1.807) is 0 Å². The van der Waals surface area contributed by atoms with Gasteiger partial charge in [-0.1, -0.05) is 35.8 Å². The van der Waals surface area contributed by atoms with Gasteiger partial charge in [-0.2, -0.15) is 0 Å². The largest absolute Gasteiger partial charge is 0.396 e. The van der Waals surface area contributed by atoms with Crippen LogP contribution in [0.5, 0.6) is 0 Å². The monoisotopic (exact) mass is 331 g/mol. The van der Waals surface area contributed by atoms with Crippen LogP contribution in [0, 0.1) is 5.92 Å². The van der Waals surface area contributed by atoms with Crippen molar-refractivity contribution in [2.75, 3.05) is 18.9 Å². The maximum atomic E-state index is 9.10. The van der Waals surface area contributed by atoms with Crippen LogP contribution in [-0.2, 0) is 0 Å². The second-order valence-electron chi connectivity index (χ2n) is 4.56. The predicted molar refractivity (Wildman–Crippen MR) is 83.2 cm³/mol. The van der Waals surface area contributed by atoms with Gasteiger partial charge in [0, 0.05) is 27.8 Å². The number of aliphatic hydroxyl groups is 1. The van der Waals surface area contributed by atoms with Gasteiger partial charge in [0.25, 0.3) is 0 Å². The minimum atomic E-state index is 0.249. The summed E-state index contributed by atoms with van der Waals surface area (Å²) in [5.74, 6) is 1.27. The van der Waals surface area contributed by atoms with Crippen molar-refractivity contribution in [3.05, 3.63) is 28.2 Å². The molecular weight excluding hydrogens is 310 g/mol. The number of nitrogens with one attached hydrogen (secondary N) is 1. The molecule has 0 heterocycles. The predicted octanol–water partition coefficient (Wildman–Crippen LogP) is 3.84. The maximum Gasteiger partial charge on any atom is 0.0464 e. The maximum absolute atomic E-state index is 9.10. The average Bonchev–Trinajstić information content (AvgIpc) is 2.36. The molecule has 1 rings (SSSR count). The van der Waals surface area contributed by atoms with Crippen molar-refractivity contribution < 1.29 is 5.11 Å². The second kappa shape index (κ2) is 8.20. The van der Waals surface area contributed by atoms with Gasteiger partial charge in [0.1, 0.15) is 0 Å². The lowest BCUT2D eigenvalue weighted by Crippen LogP contribution is -2.18. The van der Waals surface area contributed by atoms with E-state index in [9.17, 15) is 0 Å². The van der Waals surface area contributed by atoms with Gasteiger partial charge < -0.3 is 10.4 Å². The summed E-state index contributed by atoms with van der Waals surface area (Å²) in [6, 6.07) is 6.78. The second-order valence-corrected chi connectivity index (χ2v) is 6.54. The Morgan fingerprint density at radius 1 is 1.39 bits per heavy atom. The van der Waals surface area contributed by atoms with Crippen molar-refractivity contribution >= 4 is 27.7 Å². The van der Waals surface area contributed by atoms with E-state index in [0.717, 1.165) is 16.8 Å². The highest BCUT2D eigenvalue weighted by Crippen LogP contribution is 2.31. The topological polar surface area (TPSA) is 32.3 Å². The molecule has 2 atom stereocenters. The van der Waals surface area contributed by atoms with E-state index in [2.05, 4.69) is 60.2 Å². The van der Waals surface area contributed by atoms with Crippen LogP contribution in [0.25, 0.3) is 0 Å². The Morgan fingerprint density at radius 2 is 2.11 bits per heavy atom. The Hall–Kier alpha value is -0.0300. The lowest BCUT2D eigenvalue weighted by atomic mass is 10.1. The van der Waals surface area contributed by atoms with Crippen LogP contribution in [0.2, 0.25) is 0 Å². The number of hydrogen-bond donors (Lipinski definition) is 2. The molecule has 0 spiro atoms. The molecule has 0 fully saturated rings. The zero-order valence-electron chi connectivity index (χ0n) is 11.2. The highest BCUT2D eigenvalue weighted by atomic mass is 79.9. The molecule has 0 radical (unpaired) electrons. The molecule has 4 heteroatoms. The average molecular weight is 332 g/mol. The van der Waals surface area contributed by atoms with Crippen LogP contribution in [0.15, 0.2) is 27.6 Å². The van der Waals surface area contributed by atoms with Gasteiger partial charge in [-0.05, 0) is 37.1 Å². The molecule has 0 aliphatic rings. The lowest BCUT2D eigenvalue weighted by Gasteiger charge is -2.18. The van der Waals surface area contributed by atoms with Gasteiger partial charge in [-0.25, -0.2) is 0 Å². The number of halogens is 1. The molecule has 18 heavy (non-hydrogen) atoms. The van der Waals surface area contributed by atoms with Crippen molar-refractivity contribution in [3.8, 4) is 0 Å². The third-order valence-electron chi connectivity index (χ3n) is 2.79. The zero-order chi connectivity index (χ0) is 13.5. The van der Waals surface area contributed by atoms with E-state index in [1.165, 1.54) is 10.5 Å². The minimum absolute atomic E-state index is 0.249. The highest BCUT2D eigenvalue weighted by molar-refractivity contribution is 9.10. The number of aliphatic hydroxyl groups excluding tert-OH is 1. The summed E-state index contributed by atoms with van der Waals surface area (Å²) in [7, 11) is 0. The van der Waals surface area contributed by atoms with E-state index in [-0.39, 0.29) is 6.61 Å². The molecule has 0 amide bonds. The number of thioether (sulfide) groups is 1. The zero-order valence-corrected chi connectivity index (χ0v) is 13.6. The quantitative estimate of drug-likeness (QED) is 0.744. The van der Waals surface area contributed by atoms with E-state index in [1.807, 2.05) is 11.8 Å². The van der Waals surface area contributed by atoms with Crippen molar-refractivity contribution in [3.63, 3.8) is 0 Å². The summed E-state index contributed by atoms with van der Waals surface area (Å²) in [4.78, 5) is 1.29. The molecule has 2 nitrogen and oxygen atoms in total. The van der Waals surface area contributed by atoms with Crippen LogP contribution < -0.4 is 5.32 Å². The highest BCUT2D eigenvalue weighted by Gasteiger charge is 2.11. The Bertz CT molecular complexity index is 373. The molecule has 0 aliphatic carbocycles. The number of rotatable bonds is 7. The van der Waals surface area contributed by atoms with Crippen LogP contribution in [0.4, 0.5) is 0 Å². The number of benzene rings is 1. The molecular formula is C14H22BrNOS. The minimum Gasteiger partial charge on any atom is -0.396 e. The first-order valence-electron chi connectivity index (χ1n) is 6.35. The number of hydrogen-bond acceptors (Lipinski definition) is 3. The fourth-order valence-electron chi connectivity index (χ4n) is 1.69. The molecule has 0 aliphatic heterocycles. The Kier molecular flexibility index (Phi) is 7.30. The summed E-state index contributed by atoms with van der Waals surface area (Å²) in [5, 5.41) is 12.5. The van der Waals surface area contributed by atoms with Crippen molar-refractivity contribution in [1.29, 1.82) is 0 Å². The molecule has 0 saturated heterocycles. The van der Waals surface area contributed by atoms with Gasteiger partial charge in [-0.3, -0.25) is 0 Å². The standard InChI is InChI=1S/C14H22BrNOS/c1-4-16-11(3)13-6-5-12(15)7-14(13)18-9-10(2)8-17/h5-7,10-11,16-17H,4,8-9H2,1-3H3. The molecule has 2 unspecified atom stereocenters. The van der Waals surface area contributed by atoms with E-state index in [4.69, 9.17) is 5.11 Å². The molecule has 1 aromatic rings. The Balaban J connectivity index is 2.82. The third-order valence-corrected chi connectivity index (χ3v) is 4.68. The fraction of sp³-hybridized carbons (Fsp3) is 0.571. The van der Waals surface area contributed by atoms with Crippen LogP contribution in [0.3, 0.4) is 0 Å². The van der Waals surface area contributed by atoms with Gasteiger partial charge in [0.15, 0.2) is 0 Å². The molecule has 0 bridgehead atoms. The summed E-state index contributed by atoms with van der Waals surface area (Å²) < 4.78 is 1.11. The SMILES string of the molecule is CCNC(C)c1ccc(Br)cc1SCC(C)CO. The van der Waals surface area contributed by atoms with Gasteiger partial charge >= 0.3 is 0 Å². The fourth-order valence-corrected chi connectivity index (χ4v) is 3.40. The van der Waals surface area contributed by atoms with Gasteiger partial charge in [0.2, 0.25) is 0 Å². The first kappa shape index (κ1) is 16.0. The lowest BCUT2D eigenvalue weighted by molar-refractivity contribution is 0.250. The van der Waals surface area contributed by atoms with Gasteiger partial charge in [-0.15, -0.1) is 11.8 Å². The third kappa shape index (κ3) is 4.92. The van der Waals surface area contributed by atoms with E-state index >= 15 is 0 Å². The van der Waals surface area contributed by atoms with E-state index in [0.29, 0.717) is 12.0 Å². The van der Waals surface area contributed by atoms with Crippen molar-refractivity contribution in [2.45, 2.75) is 31.7 Å². The molecule has 0 saturated carbocycles. The Morgan fingerprint density at radius 3 is 2.72 bits per heavy atom. The summed E-state index contributed by atoms with van der Waals surface area (Å²) in [5.41, 5.74) is 1.33. The first-order valence-corrected chi connectivity index (χ1v) is 8.12. The van der Waals surface area contributed by atoms with E-state index < -0.39 is 0 Å². The normalized spacial score (nSPS) is 14.5. The van der Waals surface area contributed by atoms with Crippen LogP contribution in [0.1, 0.15) is 32.4 Å². The Labute approximate surface area is 123 Å². The molecule has 102 valence electrons. The van der Waals surface area contributed by atoms with Gasteiger partial charge in [0.05, 0.1) is 0 Å². The summed E-state index contributed by atoms with van der Waals surface area (Å²) >= 11 is 5.34. The molecule has 2 N–H and O–H groups in total. The smallest absolute Gasteiger partial charge is 0.0464 e. The van der Waals surface area contributed by atoms with Crippen molar-refractivity contribution in [1.82, 2.24) is 5.32 Å². The van der Waals surface area contributed by atoms with Crippen LogP contribution in [-0.4, -0.2) is 24.0 Å². The van der Waals surface area contributed by atoms with Crippen LogP contribution >= 0.6 is 27.7 Å². The summed E-state index contributed by atoms with van der Waals surface area (Å²) in [6.07, 6.45) is 0. The van der Waals surface area contributed by atoms with Crippen molar-refractivity contribution in [2.24, 2.45) is 5.92 Å². The first-order chi connectivity index (χ1) is 8.58. The molecule has 1 aromatic carbocycles.